The van der Waals surface area contributed by atoms with Crippen LogP contribution >= 0.6 is 0 Å². The number of aliphatic hydroxyl groups excluding tert-OH is 1. The zero-order valence-corrected chi connectivity index (χ0v) is 20.5. The van der Waals surface area contributed by atoms with E-state index in [0.29, 0.717) is 29.8 Å². The van der Waals surface area contributed by atoms with Gasteiger partial charge in [0.2, 0.25) is 0 Å². The molecule has 0 spiro atoms. The van der Waals surface area contributed by atoms with Gasteiger partial charge in [-0.25, -0.2) is 0 Å². The van der Waals surface area contributed by atoms with E-state index in [1.54, 1.807) is 11.1 Å². The molecule has 2 saturated carbocycles. The van der Waals surface area contributed by atoms with Crippen LogP contribution in [0.2, 0.25) is 0 Å². The lowest BCUT2D eigenvalue weighted by Gasteiger charge is -2.52. The van der Waals surface area contributed by atoms with Crippen molar-refractivity contribution in [1.82, 2.24) is 0 Å². The number of rotatable bonds is 6. The van der Waals surface area contributed by atoms with Crippen molar-refractivity contribution in [2.75, 3.05) is 6.61 Å². The average molecular weight is 411 g/mol. The van der Waals surface area contributed by atoms with Gasteiger partial charge in [0.05, 0.1) is 0 Å². The highest BCUT2D eigenvalue weighted by atomic mass is 16.3. The Kier molecular flexibility index (Phi) is 6.42. The molecule has 0 radical (unpaired) electrons. The van der Waals surface area contributed by atoms with Crippen molar-refractivity contribution < 1.29 is 5.11 Å². The largest absolute Gasteiger partial charge is 0.396 e. The fourth-order valence-corrected chi connectivity index (χ4v) is 8.42. The van der Waals surface area contributed by atoms with Crippen LogP contribution in [-0.4, -0.2) is 11.7 Å². The summed E-state index contributed by atoms with van der Waals surface area (Å²) in [6.07, 6.45) is 9.58. The number of fused-ring (bicyclic) bond motifs is 5. The van der Waals surface area contributed by atoms with Crippen molar-refractivity contribution in [3.63, 3.8) is 0 Å². The first kappa shape index (κ1) is 22.4. The number of aliphatic hydroxyl groups is 1. The molecule has 3 aliphatic rings. The van der Waals surface area contributed by atoms with Gasteiger partial charge in [0.15, 0.2) is 0 Å². The zero-order chi connectivity index (χ0) is 21.6. The molecule has 4 rings (SSSR count). The van der Waals surface area contributed by atoms with Gasteiger partial charge in [-0.3, -0.25) is 0 Å². The maximum atomic E-state index is 10.1. The van der Waals surface area contributed by atoms with E-state index in [2.05, 4.69) is 59.7 Å². The zero-order valence-electron chi connectivity index (χ0n) is 20.5. The highest BCUT2D eigenvalue weighted by Crippen LogP contribution is 2.64. The molecule has 1 heteroatoms. The molecule has 0 bridgehead atoms. The molecule has 1 nitrogen and oxygen atoms in total. The minimum atomic E-state index is 0.359. The molecule has 30 heavy (non-hydrogen) atoms. The Labute approximate surface area is 186 Å². The van der Waals surface area contributed by atoms with Crippen LogP contribution in [-0.2, 0) is 6.42 Å². The Bertz CT molecular complexity index is 736. The van der Waals surface area contributed by atoms with Crippen LogP contribution in [0.15, 0.2) is 18.2 Å². The molecular weight excluding hydrogens is 364 g/mol. The van der Waals surface area contributed by atoms with E-state index < -0.39 is 0 Å². The van der Waals surface area contributed by atoms with Crippen LogP contribution in [0.1, 0.15) is 95.8 Å². The molecule has 0 unspecified atom stereocenters. The van der Waals surface area contributed by atoms with Crippen molar-refractivity contribution in [2.45, 2.75) is 92.4 Å². The van der Waals surface area contributed by atoms with E-state index >= 15 is 0 Å². The van der Waals surface area contributed by atoms with Gasteiger partial charge in [0, 0.05) is 6.61 Å². The van der Waals surface area contributed by atoms with E-state index in [1.807, 2.05) is 0 Å². The lowest BCUT2D eigenvalue weighted by molar-refractivity contribution is 0.00249. The molecule has 8 atom stereocenters. The Hall–Kier alpha value is -0.820. The lowest BCUT2D eigenvalue weighted by Crippen LogP contribution is -2.44. The van der Waals surface area contributed by atoms with Crippen molar-refractivity contribution >= 4 is 0 Å². The van der Waals surface area contributed by atoms with Gasteiger partial charge in [0.25, 0.3) is 0 Å². The smallest absolute Gasteiger partial charge is 0.0462 e. The van der Waals surface area contributed by atoms with Crippen molar-refractivity contribution in [3.8, 4) is 0 Å². The van der Waals surface area contributed by atoms with Gasteiger partial charge in [0.1, 0.15) is 0 Å². The third-order valence-electron chi connectivity index (χ3n) is 10.5. The third-order valence-corrected chi connectivity index (χ3v) is 10.5. The highest BCUT2D eigenvalue weighted by molar-refractivity contribution is 5.40. The third kappa shape index (κ3) is 3.68. The monoisotopic (exact) mass is 410 g/mol. The molecule has 0 heterocycles. The maximum absolute atomic E-state index is 10.1. The van der Waals surface area contributed by atoms with E-state index in [1.165, 1.54) is 50.5 Å². The van der Waals surface area contributed by atoms with E-state index in [4.69, 9.17) is 0 Å². The first-order valence-electron chi connectivity index (χ1n) is 13.0. The minimum absolute atomic E-state index is 0.359. The quantitative estimate of drug-likeness (QED) is 0.518. The second-order valence-corrected chi connectivity index (χ2v) is 12.0. The molecule has 1 aromatic rings. The molecule has 0 saturated heterocycles. The maximum Gasteiger partial charge on any atom is 0.0462 e. The normalized spacial score (nSPS) is 36.0. The molecule has 2 fully saturated rings. The summed E-state index contributed by atoms with van der Waals surface area (Å²) in [5.74, 6) is 5.92. The van der Waals surface area contributed by atoms with Crippen LogP contribution in [0.5, 0.6) is 0 Å². The van der Waals surface area contributed by atoms with Crippen molar-refractivity contribution in [2.24, 2.45) is 46.8 Å². The van der Waals surface area contributed by atoms with Crippen molar-refractivity contribution in [3.05, 3.63) is 34.9 Å². The summed E-state index contributed by atoms with van der Waals surface area (Å²) >= 11 is 0. The van der Waals surface area contributed by atoms with E-state index in [9.17, 15) is 5.11 Å². The fourth-order valence-electron chi connectivity index (χ4n) is 8.42. The number of benzene rings is 1. The number of hydrogen-bond donors (Lipinski definition) is 1. The lowest BCUT2D eigenvalue weighted by atomic mass is 9.52. The van der Waals surface area contributed by atoms with Crippen LogP contribution in [0, 0.1) is 53.8 Å². The van der Waals surface area contributed by atoms with Crippen LogP contribution in [0.25, 0.3) is 0 Å². The Morgan fingerprint density at radius 3 is 2.53 bits per heavy atom. The van der Waals surface area contributed by atoms with Gasteiger partial charge in [-0.1, -0.05) is 52.8 Å². The van der Waals surface area contributed by atoms with Crippen LogP contribution < -0.4 is 0 Å². The summed E-state index contributed by atoms with van der Waals surface area (Å²) in [7, 11) is 0. The number of hydrogen-bond acceptors (Lipinski definition) is 1. The molecule has 0 aromatic heterocycles. The summed E-state index contributed by atoms with van der Waals surface area (Å²) in [4.78, 5) is 0. The summed E-state index contributed by atoms with van der Waals surface area (Å²) < 4.78 is 0. The van der Waals surface area contributed by atoms with Gasteiger partial charge < -0.3 is 5.11 Å². The average Bonchev–Trinajstić information content (AvgIpc) is 3.08. The molecule has 3 aliphatic carbocycles. The summed E-state index contributed by atoms with van der Waals surface area (Å²) in [5, 5.41) is 10.1. The number of aryl methyl sites for hydroxylation is 1. The second-order valence-electron chi connectivity index (χ2n) is 12.0. The van der Waals surface area contributed by atoms with Crippen molar-refractivity contribution in [1.29, 1.82) is 0 Å². The van der Waals surface area contributed by atoms with Gasteiger partial charge >= 0.3 is 0 Å². The first-order valence-corrected chi connectivity index (χ1v) is 13.0. The Morgan fingerprint density at radius 1 is 1.07 bits per heavy atom. The summed E-state index contributed by atoms with van der Waals surface area (Å²) in [6.45, 7) is 14.8. The van der Waals surface area contributed by atoms with E-state index in [-0.39, 0.29) is 0 Å². The molecule has 1 N–H and O–H groups in total. The fraction of sp³-hybridized carbons (Fsp3) is 0.793. The van der Waals surface area contributed by atoms with Crippen LogP contribution in [0.3, 0.4) is 0 Å². The Balaban J connectivity index is 1.51. The first-order chi connectivity index (χ1) is 14.3. The van der Waals surface area contributed by atoms with Gasteiger partial charge in [-0.2, -0.15) is 0 Å². The molecule has 1 aromatic carbocycles. The molecule has 168 valence electrons. The second kappa shape index (κ2) is 8.61. The molecular formula is C29H46O. The van der Waals surface area contributed by atoms with Gasteiger partial charge in [-0.15, -0.1) is 0 Å². The van der Waals surface area contributed by atoms with E-state index in [0.717, 1.165) is 29.6 Å². The molecule has 0 amide bonds. The summed E-state index contributed by atoms with van der Waals surface area (Å²) in [6, 6.07) is 7.07. The highest BCUT2D eigenvalue weighted by Gasteiger charge is 2.55. The van der Waals surface area contributed by atoms with Crippen LogP contribution in [0.4, 0.5) is 0 Å². The Morgan fingerprint density at radius 2 is 1.83 bits per heavy atom. The predicted octanol–water partition coefficient (Wildman–Crippen LogP) is 7.39. The van der Waals surface area contributed by atoms with Gasteiger partial charge in [-0.05, 0) is 121 Å². The SMILES string of the molecule is Cc1cccc2c1CC[C@@H]1[C@@H]2CC[C@]2(C)[C@@H]([C@H](C)C[C@@H](CO)[C@H](C)C(C)C)CC[C@@H]12. The topological polar surface area (TPSA) is 20.2 Å². The minimum Gasteiger partial charge on any atom is -0.396 e. The standard InChI is InChI=1S/C29H46O/c1-18(2)21(5)22(17-30)16-20(4)27-12-13-28-26-11-10-23-19(3)8-7-9-24(23)25(26)14-15-29(27,28)6/h7-9,18,20-22,25-28,30H,10-17H2,1-6H3/t20-,21-,22+,25-,26-,27-,28+,29-/m1/s1. The predicted molar refractivity (Wildman–Crippen MR) is 128 cm³/mol. The molecule has 0 aliphatic heterocycles. The summed E-state index contributed by atoms with van der Waals surface area (Å²) in [5.41, 5.74) is 5.42.